The zero-order valence-corrected chi connectivity index (χ0v) is 29.9. The molecule has 0 aliphatic heterocycles. The number of aliphatic carboxylic acids is 2. The van der Waals surface area contributed by atoms with E-state index in [0.29, 0.717) is 0 Å². The van der Waals surface area contributed by atoms with Gasteiger partial charge in [-0.2, -0.15) is 0 Å². The predicted molar refractivity (Wildman–Crippen MR) is 222 cm³/mol. The molecule has 3 N–H and O–H groups in total. The van der Waals surface area contributed by atoms with Crippen LogP contribution in [0.1, 0.15) is 0 Å². The highest BCUT2D eigenvalue weighted by atomic mass is 17.1. The Morgan fingerprint density at radius 1 is 0.317 bits per heavy atom. The van der Waals surface area contributed by atoms with E-state index in [2.05, 4.69) is 283 Å². The Morgan fingerprint density at radius 3 is 0.600 bits per heavy atom. The number of hydrogen-bond donors (Lipinski definition) is 3. The summed E-state index contributed by atoms with van der Waals surface area (Å²) < 4.78 is 0. The van der Waals surface area contributed by atoms with Crippen molar-refractivity contribution in [3.63, 3.8) is 0 Å². The number of carboxylic acid groups (broad SMARTS) is 2. The van der Waals surface area contributed by atoms with E-state index >= 15 is 0 Å². The van der Waals surface area contributed by atoms with Crippen molar-refractivity contribution in [3.8, 4) is 297 Å². The smallest absolute Gasteiger partial charge is 0.336 e. The third-order valence-corrected chi connectivity index (χ3v) is 4.23. The van der Waals surface area contributed by atoms with E-state index < -0.39 is 24.0 Å². The number of carboxylic acids is 2. The molecule has 0 fully saturated rings. The standard InChI is InChI=1S/C54H6O6/c1-2-3-4-5-6-7-8-9-10-11-12-13-14-15-16-17-18-19-20-21-22-23-24-25-26-27-28-29-30-31-32-33-34-35-36-37-38-39-40-41-42-43-44-45-46-47-48-49-50-54(51-60-59,52(55)56)53(57)58/h1,59H,51H2,(H,55,56)(H,57,58). The molecule has 0 aliphatic carbocycles. The minimum Gasteiger partial charge on any atom is -0.480 e. The third kappa shape index (κ3) is 30.7. The Hall–Kier alpha value is -12.1. The van der Waals surface area contributed by atoms with Gasteiger partial charge in [0.05, 0.1) is 0 Å². The number of carbonyl (C=O) groups is 2. The largest absolute Gasteiger partial charge is 0.480 e. The van der Waals surface area contributed by atoms with E-state index in [1.165, 1.54) is 0 Å². The molecular formula is C54H6O6. The summed E-state index contributed by atoms with van der Waals surface area (Å²) in [4.78, 5) is 26.0. The lowest BCUT2D eigenvalue weighted by molar-refractivity contribution is -0.257. The van der Waals surface area contributed by atoms with Gasteiger partial charge in [-0.25, -0.2) is 14.5 Å². The van der Waals surface area contributed by atoms with Crippen molar-refractivity contribution in [2.45, 2.75) is 0 Å². The highest BCUT2D eigenvalue weighted by molar-refractivity contribution is 6.02. The van der Waals surface area contributed by atoms with E-state index in [4.69, 9.17) is 21.9 Å². The molecular weight excluding hydrogens is 745 g/mol. The summed E-state index contributed by atoms with van der Waals surface area (Å²) in [6.45, 7) is -1.10. The van der Waals surface area contributed by atoms with Crippen LogP contribution in [0.25, 0.3) is 0 Å². The molecule has 0 amide bonds. The van der Waals surface area contributed by atoms with Crippen LogP contribution in [0.2, 0.25) is 0 Å². The zero-order chi connectivity index (χ0) is 43.7. The predicted octanol–water partition coefficient (Wildman–Crippen LogP) is -0.654. The first-order valence-corrected chi connectivity index (χ1v) is 14.7. The minimum absolute atomic E-state index is 1.10. The van der Waals surface area contributed by atoms with Crippen LogP contribution in [0.5, 0.6) is 0 Å². The first-order chi connectivity index (χ1) is 29.5. The number of hydrogen-bond acceptors (Lipinski definition) is 4. The summed E-state index contributed by atoms with van der Waals surface area (Å²) in [5, 5.41) is 26.5. The average Bonchev–Trinajstić information content (AvgIpc) is 3.24. The summed E-state index contributed by atoms with van der Waals surface area (Å²) in [7, 11) is 0. The van der Waals surface area contributed by atoms with Crippen LogP contribution in [0.3, 0.4) is 0 Å². The van der Waals surface area contributed by atoms with E-state index in [1.807, 2.05) is 11.8 Å². The molecule has 0 saturated carbocycles. The van der Waals surface area contributed by atoms with E-state index in [9.17, 15) is 9.59 Å². The Morgan fingerprint density at radius 2 is 0.467 bits per heavy atom. The van der Waals surface area contributed by atoms with E-state index in [-0.39, 0.29) is 0 Å². The van der Waals surface area contributed by atoms with Gasteiger partial charge in [-0.05, 0) is 94.7 Å². The van der Waals surface area contributed by atoms with Gasteiger partial charge in [0, 0.05) is 189 Å². The molecule has 6 nitrogen and oxygen atoms in total. The number of rotatable bonds is 4. The summed E-state index contributed by atoms with van der Waals surface area (Å²) >= 11 is 0. The van der Waals surface area contributed by atoms with Crippen molar-refractivity contribution in [3.05, 3.63) is 0 Å². The monoisotopic (exact) mass is 750 g/mol. The SMILES string of the molecule is C#CC#CC#CC#CC#CC#CC#CC#CC#CC#CC#CC#CC#CC#CC#CC#CC#CC#CC#CC#CC#CC#CC#CC#CC#CC(COO)(C(=O)O)C(=O)O. The van der Waals surface area contributed by atoms with Crippen LogP contribution in [0, 0.1) is 302 Å². The topological polar surface area (TPSA) is 104 Å². The van der Waals surface area contributed by atoms with Gasteiger partial charge < -0.3 is 10.2 Å². The van der Waals surface area contributed by atoms with Crippen molar-refractivity contribution in [2.75, 3.05) is 6.61 Å². The van der Waals surface area contributed by atoms with Gasteiger partial charge in [-0.15, -0.1) is 6.42 Å². The molecule has 0 saturated heterocycles. The maximum absolute atomic E-state index is 11.2. The second-order valence-corrected chi connectivity index (χ2v) is 7.93. The summed E-state index contributed by atoms with van der Waals surface area (Å²) in [5.74, 6) is 114. The molecule has 60 heavy (non-hydrogen) atoms. The molecule has 6 heteroatoms. The molecule has 0 radical (unpaired) electrons. The highest BCUT2D eigenvalue weighted by Gasteiger charge is 2.46. The fraction of sp³-hybridized carbons (Fsp3) is 0.0370. The molecule has 0 aromatic carbocycles. The maximum Gasteiger partial charge on any atom is 0.336 e. The fourth-order valence-electron chi connectivity index (χ4n) is 2.04. The fourth-order valence-corrected chi connectivity index (χ4v) is 2.04. The van der Waals surface area contributed by atoms with Crippen LogP contribution in [0.4, 0.5) is 0 Å². The highest BCUT2D eigenvalue weighted by Crippen LogP contribution is 2.17. The Bertz CT molecular complexity index is 3490. The maximum atomic E-state index is 11.2. The Labute approximate surface area is 349 Å². The van der Waals surface area contributed by atoms with Gasteiger partial charge in [0.1, 0.15) is 6.61 Å². The quantitative estimate of drug-likeness (QED) is 0.153. The molecule has 0 aromatic heterocycles. The Balaban J connectivity index is 4.71. The van der Waals surface area contributed by atoms with Crippen molar-refractivity contribution in [1.29, 1.82) is 0 Å². The van der Waals surface area contributed by atoms with Crippen LogP contribution >= 0.6 is 0 Å². The van der Waals surface area contributed by atoms with Gasteiger partial charge >= 0.3 is 11.9 Å². The minimum atomic E-state index is -2.68. The van der Waals surface area contributed by atoms with Crippen molar-refractivity contribution in [2.24, 2.45) is 5.41 Å². The molecule has 0 atom stereocenters. The van der Waals surface area contributed by atoms with Gasteiger partial charge in [0.2, 0.25) is 0 Å². The second-order valence-electron chi connectivity index (χ2n) is 7.93. The Kier molecular flexibility index (Phi) is 30.4. The third-order valence-electron chi connectivity index (χ3n) is 4.23. The lowest BCUT2D eigenvalue weighted by Crippen LogP contribution is -2.42. The molecule has 0 aromatic rings. The van der Waals surface area contributed by atoms with Gasteiger partial charge in [0.15, 0.2) is 0 Å². The lowest BCUT2D eigenvalue weighted by atomic mass is 9.90. The molecule has 0 rings (SSSR count). The zero-order valence-electron chi connectivity index (χ0n) is 29.9. The number of terminal acetylenes is 1. The molecule has 0 heterocycles. The molecule has 0 aliphatic rings. The van der Waals surface area contributed by atoms with Gasteiger partial charge in [-0.3, -0.25) is 5.26 Å². The van der Waals surface area contributed by atoms with Crippen LogP contribution in [0.15, 0.2) is 0 Å². The van der Waals surface area contributed by atoms with Crippen LogP contribution in [-0.2, 0) is 14.5 Å². The first-order valence-electron chi connectivity index (χ1n) is 14.7. The summed E-state index contributed by atoms with van der Waals surface area (Å²) in [6, 6.07) is 0. The summed E-state index contributed by atoms with van der Waals surface area (Å²) in [6.07, 6.45) is 4.94. The molecule has 258 valence electrons. The van der Waals surface area contributed by atoms with E-state index in [0.717, 1.165) is 0 Å². The van der Waals surface area contributed by atoms with Crippen molar-refractivity contribution < 1.29 is 29.9 Å². The van der Waals surface area contributed by atoms with Crippen molar-refractivity contribution >= 4 is 11.9 Å². The molecule has 0 spiro atoms. The average molecular weight is 751 g/mol. The lowest BCUT2D eigenvalue weighted by Gasteiger charge is -2.15. The molecule has 0 bridgehead atoms. The van der Waals surface area contributed by atoms with Crippen LogP contribution in [-0.4, -0.2) is 34.0 Å². The van der Waals surface area contributed by atoms with Crippen LogP contribution < -0.4 is 0 Å². The van der Waals surface area contributed by atoms with Crippen molar-refractivity contribution in [1.82, 2.24) is 0 Å². The second kappa shape index (κ2) is 38.1. The normalized spacial score (nSPS) is 5.27. The summed E-state index contributed by atoms with van der Waals surface area (Å²) in [5.41, 5.74) is -2.68. The van der Waals surface area contributed by atoms with E-state index in [1.54, 1.807) is 0 Å². The van der Waals surface area contributed by atoms with Gasteiger partial charge in [-0.1, -0.05) is 5.92 Å². The van der Waals surface area contributed by atoms with Gasteiger partial charge in [0.25, 0.3) is 5.41 Å². The molecule has 0 unspecified atom stereocenters. The first kappa shape index (κ1) is 47.9.